The van der Waals surface area contributed by atoms with Crippen LogP contribution < -0.4 is 13.8 Å². The number of ether oxygens (including phenoxy) is 3. The summed E-state index contributed by atoms with van der Waals surface area (Å²) in [6.45, 7) is 1.31. The fourth-order valence-corrected chi connectivity index (χ4v) is 4.53. The molecule has 0 saturated heterocycles. The van der Waals surface area contributed by atoms with Crippen LogP contribution in [0.1, 0.15) is 6.92 Å². The van der Waals surface area contributed by atoms with Gasteiger partial charge in [0.2, 0.25) is 0 Å². The van der Waals surface area contributed by atoms with Gasteiger partial charge < -0.3 is 14.2 Å². The largest absolute Gasteiger partial charge is 0.497 e. The highest BCUT2D eigenvalue weighted by molar-refractivity contribution is 7.92. The van der Waals surface area contributed by atoms with Crippen LogP contribution in [0.15, 0.2) is 65.6 Å². The van der Waals surface area contributed by atoms with Crippen LogP contribution in [0.25, 0.3) is 10.8 Å². The van der Waals surface area contributed by atoms with E-state index in [0.29, 0.717) is 5.75 Å². The lowest BCUT2D eigenvalue weighted by molar-refractivity contribution is -0.141. The lowest BCUT2D eigenvalue weighted by Gasteiger charge is -2.25. The normalized spacial score (nSPS) is 11.2. The number of nitrogens with zero attached hydrogens (tertiary/aromatic N) is 1. The van der Waals surface area contributed by atoms with Gasteiger partial charge in [-0.2, -0.15) is 0 Å². The second-order valence-corrected chi connectivity index (χ2v) is 8.23. The van der Waals surface area contributed by atoms with E-state index in [1.165, 1.54) is 26.4 Å². The van der Waals surface area contributed by atoms with Gasteiger partial charge >= 0.3 is 5.97 Å². The number of sulfonamides is 1. The Balaban J connectivity index is 2.14. The Hall–Kier alpha value is -3.26. The molecule has 0 radical (unpaired) electrons. The second-order valence-electron chi connectivity index (χ2n) is 6.36. The summed E-state index contributed by atoms with van der Waals surface area (Å²) in [5.74, 6) is 0.0811. The molecular formula is C22H23NO6S. The topological polar surface area (TPSA) is 82.1 Å². The maximum atomic E-state index is 13.6. The minimum Gasteiger partial charge on any atom is -0.497 e. The Kier molecular flexibility index (Phi) is 6.47. The van der Waals surface area contributed by atoms with Gasteiger partial charge in [-0.25, -0.2) is 8.42 Å². The number of carbonyl (C=O) groups excluding carboxylic acids is 1. The van der Waals surface area contributed by atoms with E-state index < -0.39 is 22.5 Å². The van der Waals surface area contributed by atoms with Gasteiger partial charge in [0, 0.05) is 6.07 Å². The smallest absolute Gasteiger partial charge is 0.326 e. The van der Waals surface area contributed by atoms with Crippen LogP contribution in [0.3, 0.4) is 0 Å². The number of anilines is 1. The Morgan fingerprint density at radius 1 is 0.933 bits per heavy atom. The van der Waals surface area contributed by atoms with E-state index in [0.717, 1.165) is 15.1 Å². The molecule has 3 rings (SSSR count). The molecule has 0 bridgehead atoms. The molecule has 0 N–H and O–H groups in total. The van der Waals surface area contributed by atoms with Gasteiger partial charge in [0.25, 0.3) is 10.0 Å². The summed E-state index contributed by atoms with van der Waals surface area (Å²) in [4.78, 5) is 12.3. The van der Waals surface area contributed by atoms with Crippen molar-refractivity contribution in [1.82, 2.24) is 0 Å². The molecule has 0 spiro atoms. The highest BCUT2D eigenvalue weighted by Crippen LogP contribution is 2.36. The molecule has 3 aromatic rings. The molecule has 0 amide bonds. The van der Waals surface area contributed by atoms with Gasteiger partial charge in [-0.15, -0.1) is 0 Å². The van der Waals surface area contributed by atoms with Crippen molar-refractivity contribution in [2.24, 2.45) is 0 Å². The highest BCUT2D eigenvalue weighted by Gasteiger charge is 2.30. The molecule has 0 saturated carbocycles. The number of esters is 1. The number of hydrogen-bond acceptors (Lipinski definition) is 6. The molecule has 0 atom stereocenters. The fourth-order valence-electron chi connectivity index (χ4n) is 3.07. The van der Waals surface area contributed by atoms with Crippen LogP contribution in [0, 0.1) is 0 Å². The van der Waals surface area contributed by atoms with Crippen molar-refractivity contribution in [3.63, 3.8) is 0 Å². The zero-order valence-electron chi connectivity index (χ0n) is 17.0. The molecule has 30 heavy (non-hydrogen) atoms. The van der Waals surface area contributed by atoms with Crippen LogP contribution in [-0.4, -0.2) is 41.8 Å². The van der Waals surface area contributed by atoms with E-state index in [1.807, 2.05) is 24.3 Å². The standard InChI is InChI=1S/C22H23NO6S/c1-4-29-22(24)15-23(20-12-10-18(27-2)14-21(20)28-3)30(25,26)19-11-9-16-7-5-6-8-17(16)13-19/h5-14H,4,15H2,1-3H3. The molecule has 8 heteroatoms. The first-order valence-electron chi connectivity index (χ1n) is 9.30. The predicted octanol–water partition coefficient (Wildman–Crippen LogP) is 3.62. The van der Waals surface area contributed by atoms with Crippen molar-refractivity contribution in [1.29, 1.82) is 0 Å². The number of methoxy groups -OCH3 is 2. The van der Waals surface area contributed by atoms with Crippen molar-refractivity contribution in [3.8, 4) is 11.5 Å². The average molecular weight is 429 g/mol. The summed E-state index contributed by atoms with van der Waals surface area (Å²) in [6.07, 6.45) is 0. The Morgan fingerprint density at radius 2 is 1.67 bits per heavy atom. The quantitative estimate of drug-likeness (QED) is 0.509. The molecule has 0 heterocycles. The molecule has 0 aliphatic carbocycles. The summed E-state index contributed by atoms with van der Waals surface area (Å²) in [7, 11) is -1.18. The van der Waals surface area contributed by atoms with Crippen LogP contribution in [0.4, 0.5) is 5.69 Å². The van der Waals surface area contributed by atoms with E-state index >= 15 is 0 Å². The van der Waals surface area contributed by atoms with Crippen molar-refractivity contribution < 1.29 is 27.4 Å². The van der Waals surface area contributed by atoms with E-state index in [2.05, 4.69) is 0 Å². The molecule has 0 aliphatic heterocycles. The third-order valence-corrected chi connectivity index (χ3v) is 6.30. The molecule has 0 unspecified atom stereocenters. The van der Waals surface area contributed by atoms with Gasteiger partial charge in [0.05, 0.1) is 31.4 Å². The maximum Gasteiger partial charge on any atom is 0.326 e. The summed E-state index contributed by atoms with van der Waals surface area (Å²) < 4.78 is 43.7. The van der Waals surface area contributed by atoms with Crippen molar-refractivity contribution in [2.75, 3.05) is 31.7 Å². The molecule has 0 aliphatic rings. The van der Waals surface area contributed by atoms with Gasteiger partial charge in [-0.1, -0.05) is 30.3 Å². The lowest BCUT2D eigenvalue weighted by atomic mass is 10.1. The zero-order valence-corrected chi connectivity index (χ0v) is 17.8. The maximum absolute atomic E-state index is 13.6. The molecule has 158 valence electrons. The minimum absolute atomic E-state index is 0.0587. The van der Waals surface area contributed by atoms with Crippen LogP contribution in [0.5, 0.6) is 11.5 Å². The summed E-state index contributed by atoms with van der Waals surface area (Å²) in [5, 5.41) is 1.69. The van der Waals surface area contributed by atoms with Gasteiger partial charge in [0.1, 0.15) is 18.0 Å². The first-order chi connectivity index (χ1) is 14.4. The fraction of sp³-hybridized carbons (Fsp3) is 0.227. The monoisotopic (exact) mass is 429 g/mol. The second kappa shape index (κ2) is 9.04. The predicted molar refractivity (Wildman–Crippen MR) is 115 cm³/mol. The third kappa shape index (κ3) is 4.33. The molecular weight excluding hydrogens is 406 g/mol. The first kappa shape index (κ1) is 21.4. The average Bonchev–Trinajstić information content (AvgIpc) is 2.76. The SMILES string of the molecule is CCOC(=O)CN(c1ccc(OC)cc1OC)S(=O)(=O)c1ccc2ccccc2c1. The zero-order chi connectivity index (χ0) is 21.7. The van der Waals surface area contributed by atoms with E-state index in [-0.39, 0.29) is 22.9 Å². The van der Waals surface area contributed by atoms with Crippen molar-refractivity contribution in [2.45, 2.75) is 11.8 Å². The van der Waals surface area contributed by atoms with Crippen molar-refractivity contribution >= 4 is 32.5 Å². The molecule has 7 nitrogen and oxygen atoms in total. The van der Waals surface area contributed by atoms with Gasteiger partial charge in [-0.05, 0) is 42.0 Å². The number of carbonyl (C=O) groups is 1. The molecule has 3 aromatic carbocycles. The lowest BCUT2D eigenvalue weighted by Crippen LogP contribution is -2.36. The van der Waals surface area contributed by atoms with Crippen molar-refractivity contribution in [3.05, 3.63) is 60.7 Å². The first-order valence-corrected chi connectivity index (χ1v) is 10.7. The highest BCUT2D eigenvalue weighted by atomic mass is 32.2. The van der Waals surface area contributed by atoms with Gasteiger partial charge in [0.15, 0.2) is 0 Å². The molecule has 0 aromatic heterocycles. The van der Waals surface area contributed by atoms with Gasteiger partial charge in [-0.3, -0.25) is 9.10 Å². The summed E-state index contributed by atoms with van der Waals surface area (Å²) in [5.41, 5.74) is 0.208. The number of rotatable bonds is 8. The number of benzene rings is 3. The Morgan fingerprint density at radius 3 is 2.33 bits per heavy atom. The Bertz CT molecular complexity index is 1160. The third-order valence-electron chi connectivity index (χ3n) is 4.54. The van der Waals surface area contributed by atoms with Crippen LogP contribution in [-0.2, 0) is 19.6 Å². The number of hydrogen-bond donors (Lipinski definition) is 0. The van der Waals surface area contributed by atoms with Crippen LogP contribution in [0.2, 0.25) is 0 Å². The Labute approximate surface area is 175 Å². The molecule has 0 fully saturated rings. The summed E-state index contributed by atoms with van der Waals surface area (Å²) >= 11 is 0. The van der Waals surface area contributed by atoms with Crippen LogP contribution >= 0.6 is 0 Å². The minimum atomic E-state index is -4.10. The van der Waals surface area contributed by atoms with E-state index in [9.17, 15) is 13.2 Å². The van der Waals surface area contributed by atoms with E-state index in [1.54, 1.807) is 31.2 Å². The van der Waals surface area contributed by atoms with E-state index in [4.69, 9.17) is 14.2 Å². The summed E-state index contributed by atoms with van der Waals surface area (Å²) in [6, 6.07) is 17.0. The number of fused-ring (bicyclic) bond motifs is 1.